The van der Waals surface area contributed by atoms with Crippen LogP contribution in [0.4, 0.5) is 23.7 Å². The summed E-state index contributed by atoms with van der Waals surface area (Å²) in [4.78, 5) is 54.0. The van der Waals surface area contributed by atoms with E-state index >= 15 is 0 Å². The molecule has 2 aromatic heterocycles. The molecule has 2 heterocycles. The second kappa shape index (κ2) is 12.2. The number of halogens is 3. The van der Waals surface area contributed by atoms with Crippen LogP contribution in [0.1, 0.15) is 19.4 Å². The third-order valence-electron chi connectivity index (χ3n) is 5.45. The molecule has 0 aliphatic carbocycles. The number of benzene rings is 1. The molecule has 9 nitrogen and oxygen atoms in total. The second-order valence-corrected chi connectivity index (χ2v) is 8.60. The van der Waals surface area contributed by atoms with Gasteiger partial charge in [-0.15, -0.1) is 0 Å². The SMILES string of the molecule is CC(C)C(NC(=O)Cn1c(-c2ccccc2)ccc(NC(=O)OCc2ccncc2)c1=O)C(=O)C(F)(F)F. The molecule has 200 valence electrons. The molecule has 0 aliphatic rings. The van der Waals surface area contributed by atoms with E-state index in [0.717, 1.165) is 4.57 Å². The van der Waals surface area contributed by atoms with Crippen molar-refractivity contribution in [1.82, 2.24) is 14.9 Å². The molecular formula is C26H25F3N4O5. The number of nitrogens with one attached hydrogen (secondary N) is 2. The first-order valence-corrected chi connectivity index (χ1v) is 11.5. The number of ketones is 1. The highest BCUT2D eigenvalue weighted by atomic mass is 19.4. The van der Waals surface area contributed by atoms with Gasteiger partial charge < -0.3 is 10.1 Å². The van der Waals surface area contributed by atoms with Gasteiger partial charge in [-0.3, -0.25) is 29.3 Å². The van der Waals surface area contributed by atoms with Gasteiger partial charge in [0.25, 0.3) is 11.3 Å². The van der Waals surface area contributed by atoms with Gasteiger partial charge in [-0.2, -0.15) is 13.2 Å². The van der Waals surface area contributed by atoms with E-state index in [2.05, 4.69) is 15.6 Å². The molecule has 0 bridgehead atoms. The zero-order chi connectivity index (χ0) is 27.9. The van der Waals surface area contributed by atoms with Crippen LogP contribution in [0.25, 0.3) is 11.3 Å². The molecule has 0 radical (unpaired) electrons. The largest absolute Gasteiger partial charge is 0.452 e. The summed E-state index contributed by atoms with van der Waals surface area (Å²) >= 11 is 0. The van der Waals surface area contributed by atoms with Crippen LogP contribution in [-0.4, -0.2) is 39.6 Å². The highest BCUT2D eigenvalue weighted by Crippen LogP contribution is 2.22. The van der Waals surface area contributed by atoms with Crippen molar-refractivity contribution in [3.05, 3.63) is 82.9 Å². The molecule has 38 heavy (non-hydrogen) atoms. The molecule has 3 rings (SSSR count). The zero-order valence-corrected chi connectivity index (χ0v) is 20.5. The summed E-state index contributed by atoms with van der Waals surface area (Å²) < 4.78 is 45.2. The van der Waals surface area contributed by atoms with Crippen LogP contribution in [0, 0.1) is 5.92 Å². The first-order chi connectivity index (χ1) is 18.0. The number of aromatic nitrogens is 2. The third-order valence-corrected chi connectivity index (χ3v) is 5.45. The smallest absolute Gasteiger partial charge is 0.444 e. The van der Waals surface area contributed by atoms with E-state index in [1.807, 2.05) is 0 Å². The molecule has 2 amide bonds. The summed E-state index contributed by atoms with van der Waals surface area (Å²) in [6, 6.07) is 12.7. The van der Waals surface area contributed by atoms with Crippen molar-refractivity contribution in [2.45, 2.75) is 39.2 Å². The summed E-state index contributed by atoms with van der Waals surface area (Å²) in [7, 11) is 0. The van der Waals surface area contributed by atoms with Gasteiger partial charge in [-0.25, -0.2) is 4.79 Å². The van der Waals surface area contributed by atoms with Gasteiger partial charge in [0.1, 0.15) is 18.8 Å². The number of Topliss-reactive ketones (excluding diaryl/α,β-unsaturated/α-hetero) is 1. The van der Waals surface area contributed by atoms with Crippen molar-refractivity contribution < 1.29 is 32.3 Å². The minimum atomic E-state index is -5.14. The number of nitrogens with zero attached hydrogens (tertiary/aromatic N) is 2. The van der Waals surface area contributed by atoms with Crippen LogP contribution in [0.15, 0.2) is 71.8 Å². The Hall–Kier alpha value is -4.48. The molecule has 1 aromatic carbocycles. The summed E-state index contributed by atoms with van der Waals surface area (Å²) in [6.07, 6.45) is -3.03. The maximum Gasteiger partial charge on any atom is 0.452 e. The molecule has 2 N–H and O–H groups in total. The molecule has 1 unspecified atom stereocenters. The molecule has 12 heteroatoms. The minimum Gasteiger partial charge on any atom is -0.444 e. The lowest BCUT2D eigenvalue weighted by atomic mass is 9.99. The number of pyridine rings is 2. The van der Waals surface area contributed by atoms with Crippen LogP contribution in [-0.2, 0) is 27.5 Å². The quantitative estimate of drug-likeness (QED) is 0.433. The Morgan fingerprint density at radius 3 is 2.26 bits per heavy atom. The lowest BCUT2D eigenvalue weighted by Crippen LogP contribution is -2.50. The molecule has 0 spiro atoms. The third kappa shape index (κ3) is 7.28. The maximum atomic E-state index is 13.3. The number of carbonyl (C=O) groups excluding carboxylic acids is 3. The standard InChI is InChI=1S/C26H25F3N4O5/c1-16(2)22(23(35)26(27,28)29)32-21(34)14-33-20(18-6-4-3-5-7-18)9-8-19(24(33)36)31-25(37)38-15-17-10-12-30-13-11-17/h3-13,16,22H,14-15H2,1-2H3,(H,31,37)(H,32,34). The van der Waals surface area contributed by atoms with Crippen molar-refractivity contribution in [1.29, 1.82) is 0 Å². The van der Waals surface area contributed by atoms with Crippen molar-refractivity contribution in [2.75, 3.05) is 5.32 Å². The van der Waals surface area contributed by atoms with Crippen molar-refractivity contribution in [3.8, 4) is 11.3 Å². The lowest BCUT2D eigenvalue weighted by Gasteiger charge is -2.23. The van der Waals surface area contributed by atoms with Gasteiger partial charge in [0.15, 0.2) is 0 Å². The molecule has 0 saturated heterocycles. The van der Waals surface area contributed by atoms with E-state index in [-0.39, 0.29) is 18.0 Å². The van der Waals surface area contributed by atoms with Gasteiger partial charge in [0, 0.05) is 12.4 Å². The Labute approximate surface area is 215 Å². The summed E-state index contributed by atoms with van der Waals surface area (Å²) in [5, 5.41) is 4.42. The summed E-state index contributed by atoms with van der Waals surface area (Å²) in [5.41, 5.74) is 0.451. The van der Waals surface area contributed by atoms with Gasteiger partial charge >= 0.3 is 12.3 Å². The average Bonchev–Trinajstić information content (AvgIpc) is 2.88. The molecule has 0 aliphatic heterocycles. The maximum absolute atomic E-state index is 13.3. The number of carbonyl (C=O) groups is 3. The number of ether oxygens (including phenoxy) is 1. The molecule has 3 aromatic rings. The van der Waals surface area contributed by atoms with E-state index in [0.29, 0.717) is 11.1 Å². The van der Waals surface area contributed by atoms with E-state index < -0.39 is 48.0 Å². The zero-order valence-electron chi connectivity index (χ0n) is 20.5. The monoisotopic (exact) mass is 530 g/mol. The highest BCUT2D eigenvalue weighted by molar-refractivity contribution is 5.93. The molecule has 1 atom stereocenters. The number of amides is 2. The molecule has 0 fully saturated rings. The van der Waals surface area contributed by atoms with Crippen molar-refractivity contribution in [2.24, 2.45) is 5.92 Å². The Morgan fingerprint density at radius 2 is 1.66 bits per heavy atom. The van der Waals surface area contributed by atoms with E-state index in [9.17, 15) is 32.3 Å². The van der Waals surface area contributed by atoms with Crippen LogP contribution in [0.3, 0.4) is 0 Å². The van der Waals surface area contributed by atoms with Crippen molar-refractivity contribution >= 4 is 23.5 Å². The van der Waals surface area contributed by atoms with Gasteiger partial charge in [-0.1, -0.05) is 44.2 Å². The average molecular weight is 531 g/mol. The Morgan fingerprint density at radius 1 is 1.00 bits per heavy atom. The Balaban J connectivity index is 1.87. The van der Waals surface area contributed by atoms with Crippen LogP contribution in [0.5, 0.6) is 0 Å². The van der Waals surface area contributed by atoms with Gasteiger partial charge in [0.05, 0.1) is 11.7 Å². The predicted octanol–water partition coefficient (Wildman–Crippen LogP) is 3.93. The number of rotatable bonds is 9. The van der Waals surface area contributed by atoms with Gasteiger partial charge in [-0.05, 0) is 41.3 Å². The summed E-state index contributed by atoms with van der Waals surface area (Å²) in [5.74, 6) is -3.94. The van der Waals surface area contributed by atoms with Crippen LogP contribution < -0.4 is 16.2 Å². The van der Waals surface area contributed by atoms with E-state index in [4.69, 9.17) is 4.74 Å². The van der Waals surface area contributed by atoms with Crippen LogP contribution >= 0.6 is 0 Å². The lowest BCUT2D eigenvalue weighted by molar-refractivity contribution is -0.174. The summed E-state index contributed by atoms with van der Waals surface area (Å²) in [6.45, 7) is 1.92. The fourth-order valence-electron chi connectivity index (χ4n) is 3.54. The fraction of sp³-hybridized carbons (Fsp3) is 0.269. The number of alkyl halides is 3. The first-order valence-electron chi connectivity index (χ1n) is 11.5. The Kier molecular flexibility index (Phi) is 9.00. The van der Waals surface area contributed by atoms with Crippen molar-refractivity contribution in [3.63, 3.8) is 0 Å². The van der Waals surface area contributed by atoms with Crippen LogP contribution in [0.2, 0.25) is 0 Å². The van der Waals surface area contributed by atoms with E-state index in [1.54, 1.807) is 42.5 Å². The predicted molar refractivity (Wildman–Crippen MR) is 132 cm³/mol. The number of anilines is 1. The number of hydrogen-bond donors (Lipinski definition) is 2. The van der Waals surface area contributed by atoms with E-state index in [1.165, 1.54) is 38.4 Å². The Bertz CT molecular complexity index is 1340. The minimum absolute atomic E-state index is 0.0864. The van der Waals surface area contributed by atoms with Gasteiger partial charge in [0.2, 0.25) is 5.91 Å². The number of hydrogen-bond acceptors (Lipinski definition) is 6. The topological polar surface area (TPSA) is 119 Å². The highest BCUT2D eigenvalue weighted by Gasteiger charge is 2.45. The second-order valence-electron chi connectivity index (χ2n) is 8.60. The normalized spacial score (nSPS) is 12.1. The fourth-order valence-corrected chi connectivity index (χ4v) is 3.54. The molecular weight excluding hydrogens is 505 g/mol. The molecule has 0 saturated carbocycles. The first kappa shape index (κ1) is 28.1.